The van der Waals surface area contributed by atoms with Crippen molar-refractivity contribution in [1.82, 2.24) is 20.0 Å². The molecular weight excluding hydrogens is 380 g/mol. The van der Waals surface area contributed by atoms with E-state index in [4.69, 9.17) is 5.10 Å². The van der Waals surface area contributed by atoms with Crippen LogP contribution >= 0.6 is 11.3 Å². The maximum absolute atomic E-state index is 11.8. The Hall–Kier alpha value is -2.44. The zero-order valence-corrected chi connectivity index (χ0v) is 17.4. The normalized spacial score (nSPS) is 23.9. The summed E-state index contributed by atoms with van der Waals surface area (Å²) in [7, 11) is 2.22. The average molecular weight is 407 g/mol. The number of carbonyl (C=O) groups is 1. The second-order valence-corrected chi connectivity index (χ2v) is 9.28. The molecule has 0 spiro atoms. The number of thiophene rings is 1. The van der Waals surface area contributed by atoms with Crippen LogP contribution in [0.3, 0.4) is 0 Å². The fourth-order valence-electron chi connectivity index (χ4n) is 4.85. The van der Waals surface area contributed by atoms with Gasteiger partial charge in [0, 0.05) is 37.3 Å². The fourth-order valence-corrected chi connectivity index (χ4v) is 5.60. The molecule has 0 radical (unpaired) electrons. The lowest BCUT2D eigenvalue weighted by atomic mass is 9.89. The third-order valence-corrected chi connectivity index (χ3v) is 7.31. The summed E-state index contributed by atoms with van der Waals surface area (Å²) in [6, 6.07) is 15.0. The van der Waals surface area contributed by atoms with Gasteiger partial charge in [0.15, 0.2) is 0 Å². The van der Waals surface area contributed by atoms with E-state index >= 15 is 0 Å². The molecule has 150 valence electrons. The summed E-state index contributed by atoms with van der Waals surface area (Å²) in [4.78, 5) is 15.4. The summed E-state index contributed by atoms with van der Waals surface area (Å²) in [5.74, 6) is 1.39. The van der Waals surface area contributed by atoms with Crippen LogP contribution in [0.2, 0.25) is 0 Å². The van der Waals surface area contributed by atoms with Crippen molar-refractivity contribution in [1.29, 1.82) is 0 Å². The molecule has 1 amide bonds. The summed E-state index contributed by atoms with van der Waals surface area (Å²) in [6.07, 6.45) is 5.16. The molecular formula is C23H26N4OS. The number of aromatic nitrogens is 2. The highest BCUT2D eigenvalue weighted by molar-refractivity contribution is 7.13. The monoisotopic (exact) mass is 406 g/mol. The number of carbonyl (C=O) groups excluding carboxylic acids is 1. The van der Waals surface area contributed by atoms with Gasteiger partial charge < -0.3 is 5.32 Å². The molecule has 1 aromatic carbocycles. The van der Waals surface area contributed by atoms with Gasteiger partial charge in [0.1, 0.15) is 5.69 Å². The summed E-state index contributed by atoms with van der Waals surface area (Å²) in [6.45, 7) is 1.71. The largest absolute Gasteiger partial charge is 0.356 e. The number of amides is 1. The third-order valence-electron chi connectivity index (χ3n) is 6.43. The summed E-state index contributed by atoms with van der Waals surface area (Å²) in [5, 5.41) is 10.1. The van der Waals surface area contributed by atoms with Crippen LogP contribution in [0.25, 0.3) is 16.3 Å². The number of nitrogens with zero attached hydrogens (tertiary/aromatic N) is 3. The van der Waals surface area contributed by atoms with Crippen LogP contribution in [-0.4, -0.2) is 40.2 Å². The molecule has 3 atom stereocenters. The lowest BCUT2D eigenvalue weighted by molar-refractivity contribution is -0.124. The standard InChI is InChI=1S/C23H26N4OS/c1-26(20-10-16-12-22(28)24-13-17(16)11-20)14-18-15-27(19-6-3-2-4-7-19)25-23(18)21-8-5-9-29-21/h2-9,15-17,20H,10-14H2,1H3,(H,24,28)/t16-,17+,20-/m1/s1. The molecule has 1 aliphatic heterocycles. The molecule has 5 rings (SSSR count). The van der Waals surface area contributed by atoms with Gasteiger partial charge in [-0.15, -0.1) is 11.3 Å². The van der Waals surface area contributed by atoms with Gasteiger partial charge in [0.25, 0.3) is 0 Å². The quantitative estimate of drug-likeness (QED) is 0.698. The lowest BCUT2D eigenvalue weighted by Crippen LogP contribution is -2.38. The van der Waals surface area contributed by atoms with Crippen LogP contribution in [0.15, 0.2) is 54.0 Å². The first kappa shape index (κ1) is 18.6. The minimum Gasteiger partial charge on any atom is -0.356 e. The van der Waals surface area contributed by atoms with Crippen molar-refractivity contribution >= 4 is 17.2 Å². The van der Waals surface area contributed by atoms with Gasteiger partial charge in [-0.1, -0.05) is 24.3 Å². The molecule has 3 aromatic rings. The molecule has 29 heavy (non-hydrogen) atoms. The second kappa shape index (κ2) is 7.76. The number of hydrogen-bond acceptors (Lipinski definition) is 4. The zero-order valence-electron chi connectivity index (χ0n) is 16.6. The molecule has 1 saturated heterocycles. The number of piperidine rings is 1. The average Bonchev–Trinajstić information content (AvgIpc) is 3.47. The van der Waals surface area contributed by atoms with Gasteiger partial charge in [-0.05, 0) is 55.3 Å². The first-order valence-electron chi connectivity index (χ1n) is 10.3. The predicted molar refractivity (Wildman–Crippen MR) is 116 cm³/mol. The highest BCUT2D eigenvalue weighted by atomic mass is 32.1. The number of para-hydroxylation sites is 1. The van der Waals surface area contributed by atoms with Crippen LogP contribution in [0.5, 0.6) is 0 Å². The van der Waals surface area contributed by atoms with Crippen molar-refractivity contribution in [3.8, 4) is 16.3 Å². The number of benzene rings is 1. The highest BCUT2D eigenvalue weighted by Crippen LogP contribution is 2.39. The third kappa shape index (κ3) is 3.74. The molecule has 2 aromatic heterocycles. The van der Waals surface area contributed by atoms with E-state index in [1.54, 1.807) is 11.3 Å². The lowest BCUT2D eigenvalue weighted by Gasteiger charge is -2.24. The van der Waals surface area contributed by atoms with Crippen molar-refractivity contribution in [2.75, 3.05) is 13.6 Å². The van der Waals surface area contributed by atoms with E-state index in [2.05, 4.69) is 53.1 Å². The molecule has 6 heteroatoms. The molecule has 1 aliphatic carbocycles. The van der Waals surface area contributed by atoms with Crippen LogP contribution < -0.4 is 5.32 Å². The Labute approximate surface area is 175 Å². The maximum Gasteiger partial charge on any atom is 0.220 e. The van der Waals surface area contributed by atoms with Crippen LogP contribution in [0.4, 0.5) is 0 Å². The van der Waals surface area contributed by atoms with E-state index in [-0.39, 0.29) is 5.91 Å². The maximum atomic E-state index is 11.8. The Morgan fingerprint density at radius 2 is 2.00 bits per heavy atom. The molecule has 2 fully saturated rings. The number of nitrogens with one attached hydrogen (secondary N) is 1. The van der Waals surface area contributed by atoms with Crippen molar-refractivity contribution in [3.05, 3.63) is 59.6 Å². The first-order chi connectivity index (χ1) is 14.2. The van der Waals surface area contributed by atoms with E-state index in [9.17, 15) is 4.79 Å². The van der Waals surface area contributed by atoms with Gasteiger partial charge in [-0.3, -0.25) is 9.69 Å². The molecule has 1 saturated carbocycles. The van der Waals surface area contributed by atoms with Crippen molar-refractivity contribution in [2.45, 2.75) is 31.8 Å². The SMILES string of the molecule is CN(Cc1cn(-c2ccccc2)nc1-c1cccs1)[C@H]1C[C@H]2CNC(=O)C[C@H]2C1. The number of hydrogen-bond donors (Lipinski definition) is 1. The number of fused-ring (bicyclic) bond motifs is 1. The Kier molecular flexibility index (Phi) is 4.97. The molecule has 5 nitrogen and oxygen atoms in total. The minimum absolute atomic E-state index is 0.221. The summed E-state index contributed by atoms with van der Waals surface area (Å²) >= 11 is 1.73. The number of rotatable bonds is 5. The van der Waals surface area contributed by atoms with E-state index < -0.39 is 0 Å². The predicted octanol–water partition coefficient (Wildman–Crippen LogP) is 3.95. The Balaban J connectivity index is 1.39. The Bertz CT molecular complexity index is 982. The second-order valence-electron chi connectivity index (χ2n) is 8.33. The first-order valence-corrected chi connectivity index (χ1v) is 11.2. The van der Waals surface area contributed by atoms with Crippen molar-refractivity contribution < 1.29 is 4.79 Å². The Morgan fingerprint density at radius 1 is 1.17 bits per heavy atom. The molecule has 1 N–H and O–H groups in total. The van der Waals surface area contributed by atoms with Crippen molar-refractivity contribution in [3.63, 3.8) is 0 Å². The van der Waals surface area contributed by atoms with Gasteiger partial charge >= 0.3 is 0 Å². The van der Waals surface area contributed by atoms with Crippen LogP contribution in [0, 0.1) is 11.8 Å². The summed E-state index contributed by atoms with van der Waals surface area (Å²) < 4.78 is 2.00. The van der Waals surface area contributed by atoms with Gasteiger partial charge in [0.05, 0.1) is 10.6 Å². The Morgan fingerprint density at radius 3 is 2.79 bits per heavy atom. The van der Waals surface area contributed by atoms with Gasteiger partial charge in [-0.2, -0.15) is 5.10 Å². The van der Waals surface area contributed by atoms with Crippen LogP contribution in [0.1, 0.15) is 24.8 Å². The van der Waals surface area contributed by atoms with Crippen LogP contribution in [-0.2, 0) is 11.3 Å². The molecule has 0 unspecified atom stereocenters. The topological polar surface area (TPSA) is 50.2 Å². The van der Waals surface area contributed by atoms with Gasteiger partial charge in [-0.25, -0.2) is 4.68 Å². The summed E-state index contributed by atoms with van der Waals surface area (Å²) in [5.41, 5.74) is 3.40. The van der Waals surface area contributed by atoms with E-state index in [1.165, 1.54) is 16.9 Å². The molecule has 3 heterocycles. The minimum atomic E-state index is 0.221. The zero-order chi connectivity index (χ0) is 19.8. The van der Waals surface area contributed by atoms with Crippen molar-refractivity contribution in [2.24, 2.45) is 11.8 Å². The van der Waals surface area contributed by atoms with E-state index in [0.717, 1.165) is 30.9 Å². The molecule has 0 bridgehead atoms. The smallest absolute Gasteiger partial charge is 0.220 e. The highest BCUT2D eigenvalue weighted by Gasteiger charge is 2.39. The molecule has 2 aliphatic rings. The van der Waals surface area contributed by atoms with E-state index in [1.807, 2.05) is 22.9 Å². The fraction of sp³-hybridized carbons (Fsp3) is 0.391. The van der Waals surface area contributed by atoms with E-state index in [0.29, 0.717) is 24.3 Å². The van der Waals surface area contributed by atoms with Gasteiger partial charge in [0.2, 0.25) is 5.91 Å².